The maximum absolute atomic E-state index is 5.40. The molecule has 0 fully saturated rings. The third kappa shape index (κ3) is 2.78. The molecule has 0 unspecified atom stereocenters. The summed E-state index contributed by atoms with van der Waals surface area (Å²) in [7, 11) is 3.26. The molecule has 4 rings (SSSR count). The Morgan fingerprint density at radius 3 is 2.64 bits per heavy atom. The van der Waals surface area contributed by atoms with Gasteiger partial charge in [0.2, 0.25) is 5.95 Å². The minimum atomic E-state index is 0.687. The quantitative estimate of drug-likeness (QED) is 0.726. The summed E-state index contributed by atoms with van der Waals surface area (Å²) in [6.45, 7) is 0.898. The zero-order valence-electron chi connectivity index (χ0n) is 14.3. The van der Waals surface area contributed by atoms with Crippen LogP contribution in [0.2, 0.25) is 0 Å². The van der Waals surface area contributed by atoms with Gasteiger partial charge in [0.25, 0.3) is 0 Å². The lowest BCUT2D eigenvalue weighted by Gasteiger charge is -2.17. The molecule has 0 bridgehead atoms. The number of anilines is 2. The molecule has 126 valence electrons. The summed E-state index contributed by atoms with van der Waals surface area (Å²) in [5, 5.41) is 0. The van der Waals surface area contributed by atoms with Crippen LogP contribution < -0.4 is 14.4 Å². The number of aromatic nitrogens is 2. The van der Waals surface area contributed by atoms with E-state index in [0.29, 0.717) is 11.5 Å². The van der Waals surface area contributed by atoms with Gasteiger partial charge in [0.05, 0.1) is 19.9 Å². The van der Waals surface area contributed by atoms with Crippen molar-refractivity contribution in [3.63, 3.8) is 0 Å². The molecular formula is C20H19N3O2. The Morgan fingerprint density at radius 2 is 1.80 bits per heavy atom. The molecule has 0 amide bonds. The summed E-state index contributed by atoms with van der Waals surface area (Å²) in [5.41, 5.74) is 4.35. The fourth-order valence-electron chi connectivity index (χ4n) is 3.18. The number of hydrogen-bond acceptors (Lipinski definition) is 5. The molecule has 0 spiro atoms. The molecule has 0 aliphatic carbocycles. The lowest BCUT2D eigenvalue weighted by Crippen LogP contribution is -2.16. The van der Waals surface area contributed by atoms with Crippen LogP contribution in [-0.4, -0.2) is 30.7 Å². The van der Waals surface area contributed by atoms with E-state index in [1.807, 2.05) is 24.3 Å². The summed E-state index contributed by atoms with van der Waals surface area (Å²) in [4.78, 5) is 11.4. The number of para-hydroxylation sites is 1. The van der Waals surface area contributed by atoms with E-state index < -0.39 is 0 Å². The van der Waals surface area contributed by atoms with E-state index in [2.05, 4.69) is 34.1 Å². The Morgan fingerprint density at radius 1 is 0.960 bits per heavy atom. The van der Waals surface area contributed by atoms with Crippen LogP contribution in [0.1, 0.15) is 5.56 Å². The number of methoxy groups -OCH3 is 2. The number of nitrogens with zero attached hydrogens (tertiary/aromatic N) is 3. The van der Waals surface area contributed by atoms with Crippen LogP contribution >= 0.6 is 0 Å². The first-order valence-corrected chi connectivity index (χ1v) is 8.21. The van der Waals surface area contributed by atoms with Crippen molar-refractivity contribution in [2.24, 2.45) is 0 Å². The van der Waals surface area contributed by atoms with Crippen molar-refractivity contribution in [3.05, 3.63) is 60.3 Å². The fraction of sp³-hybridized carbons (Fsp3) is 0.200. The van der Waals surface area contributed by atoms with Gasteiger partial charge in [-0.05, 0) is 42.3 Å². The van der Waals surface area contributed by atoms with E-state index in [4.69, 9.17) is 14.5 Å². The van der Waals surface area contributed by atoms with Crippen molar-refractivity contribution in [2.75, 3.05) is 25.7 Å². The minimum absolute atomic E-state index is 0.687. The highest BCUT2D eigenvalue weighted by molar-refractivity contribution is 5.69. The van der Waals surface area contributed by atoms with E-state index in [-0.39, 0.29) is 0 Å². The van der Waals surface area contributed by atoms with Crippen LogP contribution in [0, 0.1) is 0 Å². The maximum atomic E-state index is 5.40. The van der Waals surface area contributed by atoms with Crippen molar-refractivity contribution < 1.29 is 9.47 Å². The Bertz CT molecular complexity index is 911. The van der Waals surface area contributed by atoms with Crippen LogP contribution in [0.4, 0.5) is 11.6 Å². The molecule has 1 aliphatic heterocycles. The van der Waals surface area contributed by atoms with E-state index >= 15 is 0 Å². The molecule has 3 aromatic rings. The van der Waals surface area contributed by atoms with Crippen molar-refractivity contribution in [3.8, 4) is 22.8 Å². The predicted octanol–water partition coefficient (Wildman–Crippen LogP) is 3.86. The second kappa shape index (κ2) is 6.43. The molecule has 1 aliphatic rings. The smallest absolute Gasteiger partial charge is 0.230 e. The fourth-order valence-corrected chi connectivity index (χ4v) is 3.18. The van der Waals surface area contributed by atoms with E-state index in [1.54, 1.807) is 20.4 Å². The van der Waals surface area contributed by atoms with Crippen LogP contribution in [0.15, 0.2) is 54.7 Å². The first-order chi connectivity index (χ1) is 12.3. The third-order valence-corrected chi connectivity index (χ3v) is 4.45. The molecule has 5 nitrogen and oxygen atoms in total. The Kier molecular flexibility index (Phi) is 3.98. The van der Waals surface area contributed by atoms with Crippen LogP contribution in [0.25, 0.3) is 11.3 Å². The van der Waals surface area contributed by atoms with Crippen molar-refractivity contribution in [1.82, 2.24) is 9.97 Å². The zero-order chi connectivity index (χ0) is 17.2. The van der Waals surface area contributed by atoms with Gasteiger partial charge in [-0.15, -0.1) is 0 Å². The Balaban J connectivity index is 1.71. The summed E-state index contributed by atoms with van der Waals surface area (Å²) >= 11 is 0. The highest BCUT2D eigenvalue weighted by Gasteiger charge is 2.22. The van der Waals surface area contributed by atoms with Gasteiger partial charge in [-0.1, -0.05) is 18.2 Å². The first-order valence-electron chi connectivity index (χ1n) is 8.21. The topological polar surface area (TPSA) is 47.5 Å². The first kappa shape index (κ1) is 15.4. The number of ether oxygens (including phenoxy) is 2. The average molecular weight is 333 g/mol. The summed E-state index contributed by atoms with van der Waals surface area (Å²) in [6, 6.07) is 16.1. The van der Waals surface area contributed by atoms with Crippen molar-refractivity contribution in [1.29, 1.82) is 0 Å². The molecule has 25 heavy (non-hydrogen) atoms. The largest absolute Gasteiger partial charge is 0.493 e. The molecule has 0 N–H and O–H groups in total. The highest BCUT2D eigenvalue weighted by Crippen LogP contribution is 2.34. The standard InChI is InChI=1S/C20H19N3O2/c1-24-18-8-7-15(13-19(18)25-2)16-9-11-21-20(22-16)23-12-10-14-5-3-4-6-17(14)23/h3-9,11,13H,10,12H2,1-2H3. The van der Waals surface area contributed by atoms with Gasteiger partial charge in [-0.2, -0.15) is 0 Å². The van der Waals surface area contributed by atoms with Gasteiger partial charge in [0.15, 0.2) is 11.5 Å². The molecule has 1 aromatic heterocycles. The normalized spacial score (nSPS) is 12.8. The molecule has 0 atom stereocenters. The Hall–Kier alpha value is -3.08. The number of benzene rings is 2. The van der Waals surface area contributed by atoms with Gasteiger partial charge in [0, 0.05) is 24.0 Å². The number of fused-ring (bicyclic) bond motifs is 1. The lowest BCUT2D eigenvalue weighted by molar-refractivity contribution is 0.355. The van der Waals surface area contributed by atoms with Gasteiger partial charge < -0.3 is 14.4 Å². The number of hydrogen-bond donors (Lipinski definition) is 0. The zero-order valence-corrected chi connectivity index (χ0v) is 14.3. The van der Waals surface area contributed by atoms with Crippen molar-refractivity contribution in [2.45, 2.75) is 6.42 Å². The van der Waals surface area contributed by atoms with Crippen LogP contribution in [0.3, 0.4) is 0 Å². The summed E-state index contributed by atoms with van der Waals surface area (Å²) in [5.74, 6) is 2.11. The van der Waals surface area contributed by atoms with Gasteiger partial charge in [-0.25, -0.2) is 9.97 Å². The van der Waals surface area contributed by atoms with Gasteiger partial charge >= 0.3 is 0 Å². The third-order valence-electron chi connectivity index (χ3n) is 4.45. The Labute approximate surface area is 146 Å². The predicted molar refractivity (Wildman–Crippen MR) is 97.7 cm³/mol. The number of rotatable bonds is 4. The molecular weight excluding hydrogens is 314 g/mol. The van der Waals surface area contributed by atoms with Gasteiger partial charge in [0.1, 0.15) is 0 Å². The van der Waals surface area contributed by atoms with E-state index in [1.165, 1.54) is 11.3 Å². The van der Waals surface area contributed by atoms with Gasteiger partial charge in [-0.3, -0.25) is 0 Å². The SMILES string of the molecule is COc1ccc(-c2ccnc(N3CCc4ccccc43)n2)cc1OC. The summed E-state index contributed by atoms with van der Waals surface area (Å²) in [6.07, 6.45) is 2.81. The second-order valence-electron chi connectivity index (χ2n) is 5.84. The van der Waals surface area contributed by atoms with Crippen molar-refractivity contribution >= 4 is 11.6 Å². The highest BCUT2D eigenvalue weighted by atomic mass is 16.5. The van der Waals surface area contributed by atoms with Crippen LogP contribution in [-0.2, 0) is 6.42 Å². The monoisotopic (exact) mass is 333 g/mol. The second-order valence-corrected chi connectivity index (χ2v) is 5.84. The van der Waals surface area contributed by atoms with E-state index in [0.717, 1.165) is 30.2 Å². The molecule has 2 heterocycles. The average Bonchev–Trinajstić information content (AvgIpc) is 3.11. The minimum Gasteiger partial charge on any atom is -0.493 e. The molecule has 0 saturated heterocycles. The molecule has 0 radical (unpaired) electrons. The van der Waals surface area contributed by atoms with E-state index in [9.17, 15) is 0 Å². The molecule has 0 saturated carbocycles. The molecule has 2 aromatic carbocycles. The summed E-state index contributed by atoms with van der Waals surface area (Å²) < 4.78 is 10.7. The lowest BCUT2D eigenvalue weighted by atomic mass is 10.1. The maximum Gasteiger partial charge on any atom is 0.230 e. The molecule has 5 heteroatoms. The van der Waals surface area contributed by atoms with Crippen LogP contribution in [0.5, 0.6) is 11.5 Å².